The molecule has 0 fully saturated rings. The molecule has 0 spiro atoms. The van der Waals surface area contributed by atoms with Crippen LogP contribution in [0.3, 0.4) is 0 Å². The van der Waals surface area contributed by atoms with E-state index in [1.165, 1.54) is 21.9 Å². The minimum atomic E-state index is -1.22. The van der Waals surface area contributed by atoms with Gasteiger partial charge in [0.15, 0.2) is 0 Å². The molecule has 3 heteroatoms. The van der Waals surface area contributed by atoms with Crippen LogP contribution >= 0.6 is 0 Å². The minimum Gasteiger partial charge on any atom is -0.362 e. The number of rotatable bonds is 5. The molecule has 1 heterocycles. The summed E-state index contributed by atoms with van der Waals surface area (Å²) in [6.45, 7) is 4.32. The fourth-order valence-electron chi connectivity index (χ4n) is 4.92. The van der Waals surface area contributed by atoms with Crippen LogP contribution in [0.1, 0.15) is 6.92 Å². The quantitative estimate of drug-likeness (QED) is 0.444. The number of hydrogen-bond acceptors (Lipinski definition) is 2. The van der Waals surface area contributed by atoms with E-state index in [-0.39, 0.29) is 0 Å². The van der Waals surface area contributed by atoms with Crippen molar-refractivity contribution >= 4 is 28.0 Å². The van der Waals surface area contributed by atoms with Crippen molar-refractivity contribution in [1.29, 1.82) is 0 Å². The van der Waals surface area contributed by atoms with Gasteiger partial charge in [0.05, 0.1) is 6.67 Å². The maximum Gasteiger partial charge on any atom is 0.108 e. The lowest BCUT2D eigenvalue weighted by atomic mass is 9.13. The molecule has 4 aromatic carbocycles. The first-order chi connectivity index (χ1) is 16.2. The highest BCUT2D eigenvalue weighted by Gasteiger charge is 2.30. The fourth-order valence-corrected chi connectivity index (χ4v) is 4.92. The molecule has 166 valence electrons. The Balaban J connectivity index is 0.000000275. The third kappa shape index (κ3) is 4.88. The summed E-state index contributed by atoms with van der Waals surface area (Å²) in [4.78, 5) is 4.41. The second kappa shape index (κ2) is 10.7. The molecule has 0 saturated heterocycles. The van der Waals surface area contributed by atoms with Crippen LogP contribution in [0.15, 0.2) is 134 Å². The summed E-state index contributed by atoms with van der Waals surface area (Å²) in [5.41, 5.74) is 5.36. The van der Waals surface area contributed by atoms with E-state index >= 15 is 0 Å². The van der Waals surface area contributed by atoms with Gasteiger partial charge in [0, 0.05) is 26.0 Å². The van der Waals surface area contributed by atoms with Crippen LogP contribution < -0.4 is 21.9 Å². The fraction of sp³-hybridized carbons (Fsp3) is 0.133. The molecule has 4 aromatic rings. The second-order valence-electron chi connectivity index (χ2n) is 8.61. The molecule has 2 nitrogen and oxygen atoms in total. The average Bonchev–Trinajstić information content (AvgIpc) is 3.33. The van der Waals surface area contributed by atoms with Crippen LogP contribution in [0.4, 0.5) is 0 Å². The van der Waals surface area contributed by atoms with Crippen LogP contribution in [-0.4, -0.2) is 36.2 Å². The highest BCUT2D eigenvalue weighted by molar-refractivity contribution is 7.19. The lowest BCUT2D eigenvalue weighted by Gasteiger charge is -2.44. The molecular formula is C30H32BN2-. The zero-order valence-electron chi connectivity index (χ0n) is 19.6. The Kier molecular flexibility index (Phi) is 7.31. The Morgan fingerprint density at radius 1 is 0.545 bits per heavy atom. The summed E-state index contributed by atoms with van der Waals surface area (Å²) in [6.07, 6.45) is 2.98. The van der Waals surface area contributed by atoms with Gasteiger partial charge in [-0.1, -0.05) is 121 Å². The predicted molar refractivity (Wildman–Crippen MR) is 144 cm³/mol. The molecule has 0 amide bonds. The molecule has 1 aliphatic heterocycles. The van der Waals surface area contributed by atoms with Crippen molar-refractivity contribution in [2.45, 2.75) is 6.92 Å². The molecule has 5 rings (SSSR count). The Bertz CT molecular complexity index is 966. The minimum absolute atomic E-state index is 1.05. The van der Waals surface area contributed by atoms with E-state index in [4.69, 9.17) is 0 Å². The molecular weight excluding hydrogens is 399 g/mol. The van der Waals surface area contributed by atoms with Crippen molar-refractivity contribution in [1.82, 2.24) is 9.80 Å². The second-order valence-corrected chi connectivity index (χ2v) is 8.61. The third-order valence-electron chi connectivity index (χ3n) is 6.54. The van der Waals surface area contributed by atoms with Gasteiger partial charge in [0.25, 0.3) is 0 Å². The van der Waals surface area contributed by atoms with Crippen molar-refractivity contribution in [2.75, 3.05) is 20.3 Å². The predicted octanol–water partition coefficient (Wildman–Crippen LogP) is 3.75. The zero-order valence-corrected chi connectivity index (χ0v) is 19.6. The first-order valence-electron chi connectivity index (χ1n) is 11.8. The Labute approximate surface area is 198 Å². The van der Waals surface area contributed by atoms with Gasteiger partial charge in [-0.25, -0.2) is 0 Å². The van der Waals surface area contributed by atoms with E-state index in [1.807, 2.05) is 0 Å². The van der Waals surface area contributed by atoms with Crippen molar-refractivity contribution in [3.8, 4) is 0 Å². The Hall–Kier alpha value is -3.72. The number of nitrogens with zero attached hydrogens (tertiary/aromatic N) is 2. The molecule has 0 unspecified atom stereocenters. The van der Waals surface area contributed by atoms with Gasteiger partial charge in [-0.05, 0) is 6.92 Å². The largest absolute Gasteiger partial charge is 0.362 e. The first-order valence-corrected chi connectivity index (χ1v) is 11.8. The highest BCUT2D eigenvalue weighted by atomic mass is 15.3. The van der Waals surface area contributed by atoms with Crippen molar-refractivity contribution < 1.29 is 0 Å². The van der Waals surface area contributed by atoms with Crippen LogP contribution in [0.25, 0.3) is 0 Å². The van der Waals surface area contributed by atoms with Gasteiger partial charge >= 0.3 is 0 Å². The summed E-state index contributed by atoms with van der Waals surface area (Å²) < 4.78 is 0. The normalized spacial score (nSPS) is 12.9. The van der Waals surface area contributed by atoms with Gasteiger partial charge in [0.2, 0.25) is 0 Å². The molecule has 0 N–H and O–H groups in total. The maximum atomic E-state index is 2.26. The zero-order chi connectivity index (χ0) is 22.9. The summed E-state index contributed by atoms with van der Waals surface area (Å²) in [7, 11) is 2.08. The molecule has 1 aliphatic rings. The molecule has 0 aliphatic carbocycles. The topological polar surface area (TPSA) is 6.48 Å². The van der Waals surface area contributed by atoms with E-state index in [1.54, 1.807) is 0 Å². The summed E-state index contributed by atoms with van der Waals surface area (Å²) in [5.74, 6) is 0. The highest BCUT2D eigenvalue weighted by Crippen LogP contribution is 2.09. The summed E-state index contributed by atoms with van der Waals surface area (Å²) in [6, 6.07) is 43.5. The van der Waals surface area contributed by atoms with E-state index in [0.717, 1.165) is 13.2 Å². The summed E-state index contributed by atoms with van der Waals surface area (Å²) >= 11 is 0. The van der Waals surface area contributed by atoms with Gasteiger partial charge in [0.1, 0.15) is 6.15 Å². The van der Waals surface area contributed by atoms with E-state index in [9.17, 15) is 0 Å². The van der Waals surface area contributed by atoms with Crippen LogP contribution in [0.5, 0.6) is 0 Å². The van der Waals surface area contributed by atoms with Crippen molar-refractivity contribution in [3.63, 3.8) is 0 Å². The molecule has 0 bridgehead atoms. The smallest absolute Gasteiger partial charge is 0.108 e. The Morgan fingerprint density at radius 2 is 0.879 bits per heavy atom. The molecule has 0 radical (unpaired) electrons. The van der Waals surface area contributed by atoms with Crippen LogP contribution in [-0.2, 0) is 0 Å². The van der Waals surface area contributed by atoms with Crippen molar-refractivity contribution in [3.05, 3.63) is 134 Å². The molecule has 0 saturated carbocycles. The van der Waals surface area contributed by atoms with Crippen LogP contribution in [0.2, 0.25) is 0 Å². The SMILES string of the molecule is CCN1C=CN(C)C1.c1ccc([B-](c2ccccc2)(c2ccccc2)c2ccccc2)cc1. The lowest BCUT2D eigenvalue weighted by Crippen LogP contribution is -2.74. The lowest BCUT2D eigenvalue weighted by molar-refractivity contribution is 0.308. The van der Waals surface area contributed by atoms with Gasteiger partial charge in [-0.2, -0.15) is 21.9 Å². The van der Waals surface area contributed by atoms with E-state index in [2.05, 4.69) is 157 Å². The first kappa shape index (κ1) is 22.5. The van der Waals surface area contributed by atoms with E-state index in [0.29, 0.717) is 0 Å². The summed E-state index contributed by atoms with van der Waals surface area (Å²) in [5, 5.41) is 0. The third-order valence-corrected chi connectivity index (χ3v) is 6.54. The van der Waals surface area contributed by atoms with Gasteiger partial charge in [-0.3, -0.25) is 0 Å². The molecule has 0 aromatic heterocycles. The van der Waals surface area contributed by atoms with Gasteiger partial charge < -0.3 is 9.80 Å². The molecule has 33 heavy (non-hydrogen) atoms. The monoisotopic (exact) mass is 431 g/mol. The van der Waals surface area contributed by atoms with Gasteiger partial charge in [-0.15, -0.1) is 0 Å². The maximum absolute atomic E-state index is 2.26. The number of benzene rings is 4. The molecule has 0 atom stereocenters. The Morgan fingerprint density at radius 3 is 1.09 bits per heavy atom. The average molecular weight is 431 g/mol. The van der Waals surface area contributed by atoms with Crippen molar-refractivity contribution in [2.24, 2.45) is 0 Å². The van der Waals surface area contributed by atoms with Crippen LogP contribution in [0, 0.1) is 0 Å². The number of hydrogen-bond donors (Lipinski definition) is 0. The van der Waals surface area contributed by atoms with E-state index < -0.39 is 6.15 Å². The standard InChI is InChI=1S/C24H20B.C6H12N2/c1-5-13-21(14-6-1)25(22-15-7-2-8-16-22,23-17-9-3-10-18-23)24-19-11-4-12-20-24;1-3-8-5-4-7(2)6-8/h1-20H;4-5H,3,6H2,1-2H3/q-1;.